The number of aliphatic hydroxyl groups is 1. The number of aliphatic hydroxyl groups excluding tert-OH is 1. The summed E-state index contributed by atoms with van der Waals surface area (Å²) in [6.45, 7) is 3.73. The molecule has 3 aromatic carbocycles. The molecule has 0 fully saturated rings. The van der Waals surface area contributed by atoms with Crippen molar-refractivity contribution in [1.82, 2.24) is 16.1 Å². The molecule has 3 aromatic rings. The Labute approximate surface area is 275 Å². The summed E-state index contributed by atoms with van der Waals surface area (Å²) in [5.41, 5.74) is 5.13. The molecule has 0 radical (unpaired) electrons. The van der Waals surface area contributed by atoms with Crippen molar-refractivity contribution in [2.75, 3.05) is 20.3 Å². The molecule has 4 rings (SSSR count). The van der Waals surface area contributed by atoms with Gasteiger partial charge in [0.15, 0.2) is 23.5 Å². The average Bonchev–Trinajstić information content (AvgIpc) is 3.00. The van der Waals surface area contributed by atoms with Crippen LogP contribution in [0, 0.1) is 0 Å². The Bertz CT molecular complexity index is 1590. The molecule has 45 heavy (non-hydrogen) atoms. The van der Waals surface area contributed by atoms with E-state index < -0.39 is 24.3 Å². The molecule has 0 saturated carbocycles. The first-order chi connectivity index (χ1) is 21.6. The predicted octanol–water partition coefficient (Wildman–Crippen LogP) is 5.75. The van der Waals surface area contributed by atoms with Crippen LogP contribution in [0.5, 0.6) is 17.2 Å². The maximum Gasteiger partial charge on any atom is 0.337 e. The largest absolute Gasteiger partial charge is 0.490 e. The summed E-state index contributed by atoms with van der Waals surface area (Å²) in [5, 5.41) is 20.9. The number of nitrogens with one attached hydrogen (secondary N) is 3. The molecule has 0 unspecified atom stereocenters. The highest BCUT2D eigenvalue weighted by Gasteiger charge is 2.32. The van der Waals surface area contributed by atoms with Crippen LogP contribution in [0.3, 0.4) is 0 Å². The van der Waals surface area contributed by atoms with Crippen LogP contribution in [-0.2, 0) is 16.1 Å². The van der Waals surface area contributed by atoms with Gasteiger partial charge in [0, 0.05) is 16.3 Å². The fourth-order valence-electron chi connectivity index (χ4n) is 4.38. The second-order valence-corrected chi connectivity index (χ2v) is 10.8. The topological polar surface area (TPSA) is 140 Å². The van der Waals surface area contributed by atoms with Gasteiger partial charge < -0.3 is 34.7 Å². The molecule has 238 valence electrons. The van der Waals surface area contributed by atoms with Crippen LogP contribution in [0.15, 0.2) is 71.0 Å². The van der Waals surface area contributed by atoms with E-state index in [4.69, 9.17) is 53.8 Å². The molecule has 0 bridgehead atoms. The molecule has 1 aliphatic rings. The number of ether oxygens (including phenoxy) is 4. The van der Waals surface area contributed by atoms with Crippen LogP contribution in [0.25, 0.3) is 0 Å². The van der Waals surface area contributed by atoms with Gasteiger partial charge in [0.1, 0.15) is 13.2 Å². The van der Waals surface area contributed by atoms with Gasteiger partial charge in [-0.05, 0) is 55.3 Å². The van der Waals surface area contributed by atoms with Crippen LogP contribution in [0.4, 0.5) is 4.79 Å². The van der Waals surface area contributed by atoms with Gasteiger partial charge in [-0.15, -0.1) is 0 Å². The number of hydrogen-bond acceptors (Lipinski definition) is 9. The molecule has 11 nitrogen and oxygen atoms in total. The minimum Gasteiger partial charge on any atom is -0.490 e. The second-order valence-electron chi connectivity index (χ2n) is 9.61. The number of urea groups is 1. The van der Waals surface area contributed by atoms with Crippen molar-refractivity contribution in [1.29, 1.82) is 0 Å². The minimum atomic E-state index is -1.19. The molecule has 2 amide bonds. The first-order valence-corrected chi connectivity index (χ1v) is 14.8. The molecule has 0 saturated heterocycles. The number of allylic oxidation sites excluding steroid dienone is 1. The molecule has 2 atom stereocenters. The van der Waals surface area contributed by atoms with E-state index in [1.807, 2.05) is 18.2 Å². The Kier molecular flexibility index (Phi) is 11.8. The molecule has 0 aliphatic carbocycles. The Morgan fingerprint density at radius 1 is 1.04 bits per heavy atom. The number of nitrogens with zero attached hydrogens (tertiary/aromatic N) is 1. The highest BCUT2D eigenvalue weighted by molar-refractivity contribution is 6.37. The molecule has 1 heterocycles. The second kappa shape index (κ2) is 15.7. The lowest BCUT2D eigenvalue weighted by Crippen LogP contribution is -2.45. The van der Waals surface area contributed by atoms with E-state index in [9.17, 15) is 14.7 Å². The number of halogens is 3. The maximum atomic E-state index is 12.4. The van der Waals surface area contributed by atoms with Gasteiger partial charge in [-0.25, -0.2) is 9.59 Å². The number of hydrogen-bond donors (Lipinski definition) is 4. The van der Waals surface area contributed by atoms with Crippen LogP contribution in [-0.4, -0.2) is 49.9 Å². The van der Waals surface area contributed by atoms with Crippen molar-refractivity contribution in [3.05, 3.63) is 97.6 Å². The highest BCUT2D eigenvalue weighted by Crippen LogP contribution is 2.36. The van der Waals surface area contributed by atoms with Gasteiger partial charge in [-0.2, -0.15) is 5.10 Å². The fourth-order valence-corrected chi connectivity index (χ4v) is 5.18. The molecule has 1 aliphatic heterocycles. The van der Waals surface area contributed by atoms with Gasteiger partial charge in [0.25, 0.3) is 0 Å². The lowest BCUT2D eigenvalue weighted by atomic mass is 9.95. The maximum absolute atomic E-state index is 12.4. The number of amides is 2. The molecule has 14 heteroatoms. The Hall–Kier alpha value is -4.16. The van der Waals surface area contributed by atoms with Crippen molar-refractivity contribution >= 4 is 53.0 Å². The smallest absolute Gasteiger partial charge is 0.337 e. The molecule has 0 spiro atoms. The number of rotatable bonds is 13. The number of esters is 1. The predicted molar refractivity (Wildman–Crippen MR) is 171 cm³/mol. The summed E-state index contributed by atoms with van der Waals surface area (Å²) in [4.78, 5) is 24.6. The lowest BCUT2D eigenvalue weighted by Gasteiger charge is -2.28. The van der Waals surface area contributed by atoms with Crippen molar-refractivity contribution < 1.29 is 33.6 Å². The third-order valence-corrected chi connectivity index (χ3v) is 7.39. The van der Waals surface area contributed by atoms with Crippen LogP contribution < -0.4 is 30.3 Å². The Morgan fingerprint density at radius 3 is 2.47 bits per heavy atom. The van der Waals surface area contributed by atoms with Crippen molar-refractivity contribution in [3.63, 3.8) is 0 Å². The Morgan fingerprint density at radius 2 is 1.78 bits per heavy atom. The fraction of sp³-hybridized carbons (Fsp3) is 0.258. The summed E-state index contributed by atoms with van der Waals surface area (Å²) in [5.74, 6) is 0.404. The number of methoxy groups -OCH3 is 1. The van der Waals surface area contributed by atoms with Crippen molar-refractivity contribution in [2.45, 2.75) is 32.7 Å². The lowest BCUT2D eigenvalue weighted by molar-refractivity contribution is -0.136. The summed E-state index contributed by atoms with van der Waals surface area (Å²) >= 11 is 19.0. The standard InChI is InChI=1S/C31H31Cl3N4O7/c1-4-43-25-13-19(28-27(30(40)42-3)17(2)36-31(41)37-28)9-10-24(25)44-16-26(39)38-35-14-18-11-22(33)29(23(34)12-18)45-15-20-7-5-6-8-21(20)32/h5-14,26,28,38-39H,4,15-16H2,1-3H3,(H2,36,37,41)/b35-14-/t26-,28+/m1/s1. The number of carbonyl (C=O) groups excluding carboxylic acids is 2. The zero-order valence-electron chi connectivity index (χ0n) is 24.5. The van der Waals surface area contributed by atoms with Gasteiger partial charge in [-0.3, -0.25) is 5.43 Å². The third kappa shape index (κ3) is 8.73. The minimum absolute atomic E-state index is 0.188. The average molecular weight is 678 g/mol. The monoisotopic (exact) mass is 676 g/mol. The summed E-state index contributed by atoms with van der Waals surface area (Å²) < 4.78 is 22.2. The van der Waals surface area contributed by atoms with Gasteiger partial charge >= 0.3 is 12.0 Å². The first-order valence-electron chi connectivity index (χ1n) is 13.7. The summed E-state index contributed by atoms with van der Waals surface area (Å²) in [6, 6.07) is 14.2. The van der Waals surface area contributed by atoms with Crippen LogP contribution in [0.2, 0.25) is 15.1 Å². The quantitative estimate of drug-likeness (QED) is 0.0777. The van der Waals surface area contributed by atoms with E-state index in [1.165, 1.54) is 13.3 Å². The van der Waals surface area contributed by atoms with E-state index in [-0.39, 0.29) is 28.8 Å². The van der Waals surface area contributed by atoms with Crippen LogP contribution in [0.1, 0.15) is 36.6 Å². The first kappa shape index (κ1) is 33.7. The van der Waals surface area contributed by atoms with Gasteiger partial charge in [0.2, 0.25) is 0 Å². The number of carbonyl (C=O) groups is 2. The van der Waals surface area contributed by atoms with Crippen molar-refractivity contribution in [2.24, 2.45) is 5.10 Å². The van der Waals surface area contributed by atoms with Crippen molar-refractivity contribution in [3.8, 4) is 17.2 Å². The number of hydrazone groups is 1. The van der Waals surface area contributed by atoms with Gasteiger partial charge in [-0.1, -0.05) is 59.1 Å². The van der Waals surface area contributed by atoms with E-state index in [2.05, 4.69) is 21.2 Å². The third-order valence-electron chi connectivity index (χ3n) is 6.46. The summed E-state index contributed by atoms with van der Waals surface area (Å²) in [6.07, 6.45) is 0.237. The number of benzene rings is 3. The summed E-state index contributed by atoms with van der Waals surface area (Å²) in [7, 11) is 1.27. The van der Waals surface area contributed by atoms with E-state index in [0.717, 1.165) is 5.56 Å². The van der Waals surface area contributed by atoms with E-state index >= 15 is 0 Å². The molecule has 4 N–H and O–H groups in total. The highest BCUT2D eigenvalue weighted by atomic mass is 35.5. The molecular weight excluding hydrogens is 647 g/mol. The van der Waals surface area contributed by atoms with E-state index in [1.54, 1.807) is 50.2 Å². The normalized spacial score (nSPS) is 15.3. The molecule has 0 aromatic heterocycles. The van der Waals surface area contributed by atoms with Gasteiger partial charge in [0.05, 0.1) is 41.6 Å². The zero-order valence-corrected chi connectivity index (χ0v) is 26.8. The Balaban J connectivity index is 1.37. The zero-order chi connectivity index (χ0) is 32.5. The molecular formula is C31H31Cl3N4O7. The van der Waals surface area contributed by atoms with E-state index in [0.29, 0.717) is 45.7 Å². The van der Waals surface area contributed by atoms with Crippen LogP contribution >= 0.6 is 34.8 Å². The SMILES string of the molecule is CCOc1cc([C@@H]2NC(=O)NC(C)=C2C(=O)OC)ccc1OC[C@@H](O)N/N=C\c1cc(Cl)c(OCc2ccccc2Cl)c(Cl)c1.